The van der Waals surface area contributed by atoms with E-state index in [4.69, 9.17) is 5.73 Å². The second kappa shape index (κ2) is 7.94. The molecule has 0 fully saturated rings. The van der Waals surface area contributed by atoms with Gasteiger partial charge in [-0.25, -0.2) is 9.67 Å². The zero-order chi connectivity index (χ0) is 20.4. The normalized spacial score (nSPS) is 12.0. The van der Waals surface area contributed by atoms with Crippen molar-refractivity contribution < 1.29 is 14.4 Å². The molecule has 4 aromatic rings. The Morgan fingerprint density at radius 1 is 1.14 bits per heavy atom. The van der Waals surface area contributed by atoms with Crippen molar-refractivity contribution >= 4 is 50.4 Å². The lowest BCUT2D eigenvalue weighted by Crippen LogP contribution is -2.47. The van der Waals surface area contributed by atoms with E-state index in [2.05, 4.69) is 15.4 Å². The number of rotatable bonds is 7. The van der Waals surface area contributed by atoms with E-state index >= 15 is 0 Å². The van der Waals surface area contributed by atoms with Crippen LogP contribution in [-0.2, 0) is 16.0 Å². The fourth-order valence-electron chi connectivity index (χ4n) is 2.94. The summed E-state index contributed by atoms with van der Waals surface area (Å²) in [4.78, 5) is 41.0. The van der Waals surface area contributed by atoms with Crippen LogP contribution in [0.2, 0.25) is 0 Å². The number of ketones is 1. The minimum atomic E-state index is -1.09. The number of nitrogens with zero attached hydrogens (tertiary/aromatic N) is 3. The van der Waals surface area contributed by atoms with Gasteiger partial charge in [-0.05, 0) is 34.5 Å². The molecule has 0 bridgehead atoms. The van der Waals surface area contributed by atoms with E-state index in [1.807, 2.05) is 16.1 Å². The first-order chi connectivity index (χ1) is 14.0. The standard InChI is InChI=1S/C19H15N5O3S2/c20-18(26)17(25)13(7-11-8-29-15-10-28-9-12(11)15)23-19(27)14-4-6-22-24(14)16-3-1-2-5-21-16/h1-6,8-10,13H,7H2,(H2,20,26)(H,23,27). The lowest BCUT2D eigenvalue weighted by molar-refractivity contribution is -0.137. The Morgan fingerprint density at radius 3 is 2.76 bits per heavy atom. The van der Waals surface area contributed by atoms with Crippen LogP contribution in [0, 0.1) is 0 Å². The van der Waals surface area contributed by atoms with Crippen LogP contribution in [0.5, 0.6) is 0 Å². The molecular formula is C19H15N5O3S2. The van der Waals surface area contributed by atoms with E-state index in [1.165, 1.54) is 16.9 Å². The summed E-state index contributed by atoms with van der Waals surface area (Å²) in [5.74, 6) is -2.04. The van der Waals surface area contributed by atoms with E-state index in [1.54, 1.807) is 47.1 Å². The number of Topliss-reactive ketones (excluding diaryl/α,β-unsaturated/α-hetero) is 1. The van der Waals surface area contributed by atoms with Crippen LogP contribution in [0.25, 0.3) is 15.9 Å². The molecule has 0 radical (unpaired) electrons. The molecule has 4 rings (SSSR count). The molecule has 0 saturated heterocycles. The molecule has 0 aliphatic rings. The summed E-state index contributed by atoms with van der Waals surface area (Å²) in [5, 5.41) is 13.7. The third-order valence-electron chi connectivity index (χ3n) is 4.33. The number of pyridine rings is 1. The van der Waals surface area contributed by atoms with Gasteiger partial charge in [-0.1, -0.05) is 6.07 Å². The average molecular weight is 425 g/mol. The predicted molar refractivity (Wildman–Crippen MR) is 110 cm³/mol. The van der Waals surface area contributed by atoms with Crippen molar-refractivity contribution in [2.24, 2.45) is 5.73 Å². The predicted octanol–water partition coefficient (Wildman–Crippen LogP) is 1.94. The molecule has 146 valence electrons. The summed E-state index contributed by atoms with van der Waals surface area (Å²) < 4.78 is 2.46. The smallest absolute Gasteiger partial charge is 0.287 e. The van der Waals surface area contributed by atoms with Crippen molar-refractivity contribution in [3.8, 4) is 5.82 Å². The number of nitrogens with two attached hydrogens (primary N) is 1. The van der Waals surface area contributed by atoms with Crippen molar-refractivity contribution in [1.82, 2.24) is 20.1 Å². The number of carbonyl (C=O) groups excluding carboxylic acids is 3. The van der Waals surface area contributed by atoms with Crippen molar-refractivity contribution in [3.63, 3.8) is 0 Å². The highest BCUT2D eigenvalue weighted by Gasteiger charge is 2.28. The van der Waals surface area contributed by atoms with Crippen molar-refractivity contribution in [1.29, 1.82) is 0 Å². The quantitative estimate of drug-likeness (QED) is 0.439. The van der Waals surface area contributed by atoms with Gasteiger partial charge in [0.2, 0.25) is 5.78 Å². The lowest BCUT2D eigenvalue weighted by Gasteiger charge is -2.16. The molecule has 10 heteroatoms. The fourth-order valence-corrected chi connectivity index (χ4v) is 4.94. The Kier molecular flexibility index (Phi) is 5.19. The first-order valence-corrected chi connectivity index (χ1v) is 10.4. The molecule has 0 spiro atoms. The maximum absolute atomic E-state index is 12.9. The number of primary amides is 1. The van der Waals surface area contributed by atoms with Crippen LogP contribution in [0.1, 0.15) is 16.1 Å². The summed E-state index contributed by atoms with van der Waals surface area (Å²) >= 11 is 3.10. The van der Waals surface area contributed by atoms with Crippen LogP contribution < -0.4 is 11.1 Å². The van der Waals surface area contributed by atoms with Crippen LogP contribution >= 0.6 is 22.7 Å². The van der Waals surface area contributed by atoms with Gasteiger partial charge in [0.15, 0.2) is 5.82 Å². The highest BCUT2D eigenvalue weighted by atomic mass is 32.1. The Balaban J connectivity index is 1.61. The third-order valence-corrected chi connectivity index (χ3v) is 6.22. The van der Waals surface area contributed by atoms with Gasteiger partial charge < -0.3 is 11.1 Å². The molecule has 0 saturated carbocycles. The second-order valence-corrected chi connectivity index (χ2v) is 7.84. The van der Waals surface area contributed by atoms with Crippen molar-refractivity contribution in [2.45, 2.75) is 12.5 Å². The van der Waals surface area contributed by atoms with Crippen LogP contribution in [0.4, 0.5) is 0 Å². The van der Waals surface area contributed by atoms with Gasteiger partial charge in [-0.15, -0.1) is 11.3 Å². The largest absolute Gasteiger partial charge is 0.363 e. The van der Waals surface area contributed by atoms with Crippen LogP contribution in [-0.4, -0.2) is 38.4 Å². The molecule has 1 unspecified atom stereocenters. The lowest BCUT2D eigenvalue weighted by atomic mass is 10.0. The zero-order valence-electron chi connectivity index (χ0n) is 14.9. The number of amides is 2. The number of carbonyl (C=O) groups is 3. The Labute approximate surface area is 173 Å². The molecule has 4 aromatic heterocycles. The highest BCUT2D eigenvalue weighted by Crippen LogP contribution is 2.30. The van der Waals surface area contributed by atoms with Gasteiger partial charge in [-0.3, -0.25) is 14.4 Å². The van der Waals surface area contributed by atoms with E-state index in [0.717, 1.165) is 15.6 Å². The minimum absolute atomic E-state index is 0.169. The summed E-state index contributed by atoms with van der Waals surface area (Å²) in [5.41, 5.74) is 6.28. The molecular weight excluding hydrogens is 410 g/mol. The molecule has 0 aliphatic heterocycles. The summed E-state index contributed by atoms with van der Waals surface area (Å²) in [6.07, 6.45) is 3.21. The molecule has 4 heterocycles. The van der Waals surface area contributed by atoms with E-state index in [9.17, 15) is 14.4 Å². The number of fused-ring (bicyclic) bond motifs is 1. The van der Waals surface area contributed by atoms with E-state index in [-0.39, 0.29) is 12.1 Å². The van der Waals surface area contributed by atoms with Crippen LogP contribution in [0.15, 0.2) is 52.8 Å². The topological polar surface area (TPSA) is 120 Å². The fraction of sp³-hybridized carbons (Fsp3) is 0.105. The molecule has 29 heavy (non-hydrogen) atoms. The molecule has 2 amide bonds. The molecule has 1 atom stereocenters. The number of aromatic nitrogens is 3. The molecule has 0 aromatic carbocycles. The number of thiophene rings is 2. The zero-order valence-corrected chi connectivity index (χ0v) is 16.6. The van der Waals surface area contributed by atoms with E-state index in [0.29, 0.717) is 5.82 Å². The second-order valence-electron chi connectivity index (χ2n) is 6.19. The van der Waals surface area contributed by atoms with Gasteiger partial charge in [0, 0.05) is 28.1 Å². The number of hydrogen-bond donors (Lipinski definition) is 2. The molecule has 3 N–H and O–H groups in total. The van der Waals surface area contributed by atoms with Gasteiger partial charge in [0.25, 0.3) is 11.8 Å². The van der Waals surface area contributed by atoms with Crippen molar-refractivity contribution in [3.05, 3.63) is 64.1 Å². The van der Waals surface area contributed by atoms with Gasteiger partial charge in [0.1, 0.15) is 11.7 Å². The molecule has 0 aliphatic carbocycles. The number of hydrogen-bond acceptors (Lipinski definition) is 7. The molecule has 8 nitrogen and oxygen atoms in total. The van der Waals surface area contributed by atoms with Gasteiger partial charge >= 0.3 is 0 Å². The third kappa shape index (κ3) is 3.80. The maximum atomic E-state index is 12.9. The summed E-state index contributed by atoms with van der Waals surface area (Å²) in [7, 11) is 0. The van der Waals surface area contributed by atoms with Crippen LogP contribution in [0.3, 0.4) is 0 Å². The van der Waals surface area contributed by atoms with Gasteiger partial charge in [0.05, 0.1) is 6.20 Å². The first-order valence-electron chi connectivity index (χ1n) is 8.57. The monoisotopic (exact) mass is 425 g/mol. The van der Waals surface area contributed by atoms with E-state index < -0.39 is 23.6 Å². The SMILES string of the molecule is NC(=O)C(=O)C(Cc1csc2cscc12)NC(=O)c1ccnn1-c1ccccn1. The highest BCUT2D eigenvalue weighted by molar-refractivity contribution is 7.21. The van der Waals surface area contributed by atoms with Crippen molar-refractivity contribution in [2.75, 3.05) is 0 Å². The van der Waals surface area contributed by atoms with Gasteiger partial charge in [-0.2, -0.15) is 16.4 Å². The Morgan fingerprint density at radius 2 is 2.00 bits per heavy atom. The Hall–Kier alpha value is -3.37. The first kappa shape index (κ1) is 19.0. The number of nitrogens with one attached hydrogen (secondary N) is 1. The summed E-state index contributed by atoms with van der Waals surface area (Å²) in [6.45, 7) is 0. The Bertz CT molecular complexity index is 1190. The summed E-state index contributed by atoms with van der Waals surface area (Å²) in [6, 6.07) is 5.66. The average Bonchev–Trinajstić information content (AvgIpc) is 3.45. The minimum Gasteiger partial charge on any atom is -0.363 e. The maximum Gasteiger partial charge on any atom is 0.287 e.